The number of piperazine rings is 1. The smallest absolute Gasteiger partial charge is 0.0252 e. The SMILES string of the molecule is CC(C)CC1CNC(C)(C)CN1CCc1ccccc1. The van der Waals surface area contributed by atoms with Gasteiger partial charge in [0.1, 0.15) is 0 Å². The van der Waals surface area contributed by atoms with Gasteiger partial charge in [-0.2, -0.15) is 0 Å². The molecule has 0 radical (unpaired) electrons. The summed E-state index contributed by atoms with van der Waals surface area (Å²) in [5.74, 6) is 0.766. The van der Waals surface area contributed by atoms with Crippen LogP contribution in [0.25, 0.3) is 0 Å². The summed E-state index contributed by atoms with van der Waals surface area (Å²) in [5, 5.41) is 3.70. The molecule has 1 fully saturated rings. The van der Waals surface area contributed by atoms with Gasteiger partial charge in [0.2, 0.25) is 0 Å². The lowest BCUT2D eigenvalue weighted by atomic mass is 9.93. The molecule has 1 N–H and O–H groups in total. The first kappa shape index (κ1) is 15.5. The highest BCUT2D eigenvalue weighted by atomic mass is 15.2. The molecule has 20 heavy (non-hydrogen) atoms. The Morgan fingerprint density at radius 1 is 1.25 bits per heavy atom. The molecule has 1 aromatic rings. The molecule has 112 valence electrons. The minimum Gasteiger partial charge on any atom is -0.309 e. The predicted molar refractivity (Wildman–Crippen MR) is 87.0 cm³/mol. The van der Waals surface area contributed by atoms with Crippen LogP contribution < -0.4 is 5.32 Å². The van der Waals surface area contributed by atoms with Crippen molar-refractivity contribution in [2.75, 3.05) is 19.6 Å². The third kappa shape index (κ3) is 4.60. The van der Waals surface area contributed by atoms with E-state index in [4.69, 9.17) is 0 Å². The standard InChI is InChI=1S/C18H30N2/c1-15(2)12-17-13-19-18(3,4)14-20(17)11-10-16-8-6-5-7-9-16/h5-9,15,17,19H,10-14H2,1-4H3. The zero-order valence-electron chi connectivity index (χ0n) is 13.5. The number of hydrogen-bond acceptors (Lipinski definition) is 2. The minimum atomic E-state index is 0.240. The number of nitrogens with zero attached hydrogens (tertiary/aromatic N) is 1. The molecule has 2 nitrogen and oxygen atoms in total. The minimum absolute atomic E-state index is 0.240. The largest absolute Gasteiger partial charge is 0.309 e. The Kier molecular flexibility index (Phi) is 5.22. The van der Waals surface area contributed by atoms with E-state index in [1.165, 1.54) is 18.5 Å². The molecule has 0 bridgehead atoms. The highest BCUT2D eigenvalue weighted by Crippen LogP contribution is 2.20. The molecule has 1 aromatic carbocycles. The molecule has 0 spiro atoms. The van der Waals surface area contributed by atoms with Crippen LogP contribution in [0, 0.1) is 5.92 Å². The van der Waals surface area contributed by atoms with Gasteiger partial charge >= 0.3 is 0 Å². The Labute approximate surface area is 124 Å². The molecular formula is C18H30N2. The van der Waals surface area contributed by atoms with E-state index in [-0.39, 0.29) is 5.54 Å². The zero-order valence-corrected chi connectivity index (χ0v) is 13.5. The van der Waals surface area contributed by atoms with Gasteiger partial charge in [0.05, 0.1) is 0 Å². The van der Waals surface area contributed by atoms with Crippen LogP contribution in [0.5, 0.6) is 0 Å². The highest BCUT2D eigenvalue weighted by molar-refractivity contribution is 5.15. The van der Waals surface area contributed by atoms with Crippen molar-refractivity contribution in [2.45, 2.75) is 52.1 Å². The number of hydrogen-bond donors (Lipinski definition) is 1. The maximum atomic E-state index is 3.70. The first-order valence-corrected chi connectivity index (χ1v) is 7.99. The van der Waals surface area contributed by atoms with Crippen molar-refractivity contribution in [2.24, 2.45) is 5.92 Å². The lowest BCUT2D eigenvalue weighted by molar-refractivity contribution is 0.0839. The van der Waals surface area contributed by atoms with Crippen molar-refractivity contribution >= 4 is 0 Å². The molecule has 1 atom stereocenters. The van der Waals surface area contributed by atoms with E-state index in [2.05, 4.69) is 68.2 Å². The van der Waals surface area contributed by atoms with Gasteiger partial charge in [0.25, 0.3) is 0 Å². The highest BCUT2D eigenvalue weighted by Gasteiger charge is 2.32. The Hall–Kier alpha value is -0.860. The van der Waals surface area contributed by atoms with Crippen LogP contribution in [0.15, 0.2) is 30.3 Å². The molecule has 2 heteroatoms. The monoisotopic (exact) mass is 274 g/mol. The summed E-state index contributed by atoms with van der Waals surface area (Å²) in [7, 11) is 0. The normalized spacial score (nSPS) is 23.1. The van der Waals surface area contributed by atoms with Gasteiger partial charge in [0.15, 0.2) is 0 Å². The third-order valence-electron chi connectivity index (χ3n) is 4.21. The molecule has 0 aliphatic carbocycles. The lowest BCUT2D eigenvalue weighted by Crippen LogP contribution is -2.62. The summed E-state index contributed by atoms with van der Waals surface area (Å²) in [6.45, 7) is 12.7. The molecule has 1 aliphatic rings. The van der Waals surface area contributed by atoms with Gasteiger partial charge in [0, 0.05) is 31.2 Å². The van der Waals surface area contributed by atoms with E-state index in [1.54, 1.807) is 0 Å². The van der Waals surface area contributed by atoms with E-state index in [1.807, 2.05) is 0 Å². The Balaban J connectivity index is 1.96. The van der Waals surface area contributed by atoms with Crippen molar-refractivity contribution in [3.8, 4) is 0 Å². The maximum Gasteiger partial charge on any atom is 0.0252 e. The Bertz CT molecular complexity index is 397. The van der Waals surface area contributed by atoms with Gasteiger partial charge in [-0.1, -0.05) is 44.2 Å². The summed E-state index contributed by atoms with van der Waals surface area (Å²) in [5.41, 5.74) is 1.69. The fourth-order valence-electron chi connectivity index (χ4n) is 3.17. The quantitative estimate of drug-likeness (QED) is 0.886. The average Bonchev–Trinajstić information content (AvgIpc) is 2.39. The van der Waals surface area contributed by atoms with Crippen LogP contribution >= 0.6 is 0 Å². The van der Waals surface area contributed by atoms with E-state index < -0.39 is 0 Å². The van der Waals surface area contributed by atoms with Crippen molar-refractivity contribution in [3.63, 3.8) is 0 Å². The van der Waals surface area contributed by atoms with Crippen LogP contribution in [0.2, 0.25) is 0 Å². The van der Waals surface area contributed by atoms with E-state index >= 15 is 0 Å². The van der Waals surface area contributed by atoms with Gasteiger partial charge < -0.3 is 5.32 Å². The van der Waals surface area contributed by atoms with Gasteiger partial charge in [-0.3, -0.25) is 4.90 Å². The first-order chi connectivity index (χ1) is 9.46. The Morgan fingerprint density at radius 3 is 2.60 bits per heavy atom. The molecule has 0 saturated carbocycles. The molecule has 0 amide bonds. The molecule has 1 unspecified atom stereocenters. The first-order valence-electron chi connectivity index (χ1n) is 7.99. The topological polar surface area (TPSA) is 15.3 Å². The van der Waals surface area contributed by atoms with Crippen molar-refractivity contribution in [1.29, 1.82) is 0 Å². The van der Waals surface area contributed by atoms with E-state index in [0.29, 0.717) is 6.04 Å². The second kappa shape index (κ2) is 6.73. The predicted octanol–water partition coefficient (Wildman–Crippen LogP) is 3.33. The second-order valence-electron chi connectivity index (χ2n) is 7.25. The van der Waals surface area contributed by atoms with E-state index in [9.17, 15) is 0 Å². The van der Waals surface area contributed by atoms with Crippen molar-refractivity contribution in [1.82, 2.24) is 10.2 Å². The fraction of sp³-hybridized carbons (Fsp3) is 0.667. The summed E-state index contributed by atoms with van der Waals surface area (Å²) >= 11 is 0. The molecular weight excluding hydrogens is 244 g/mol. The zero-order chi connectivity index (χ0) is 14.6. The molecule has 1 aliphatic heterocycles. The van der Waals surface area contributed by atoms with Crippen molar-refractivity contribution < 1.29 is 0 Å². The maximum absolute atomic E-state index is 3.70. The number of rotatable bonds is 5. The van der Waals surface area contributed by atoms with Crippen LogP contribution in [0.3, 0.4) is 0 Å². The number of nitrogens with one attached hydrogen (secondary N) is 1. The third-order valence-corrected chi connectivity index (χ3v) is 4.21. The molecule has 0 aromatic heterocycles. The molecule has 1 heterocycles. The fourth-order valence-corrected chi connectivity index (χ4v) is 3.17. The summed E-state index contributed by atoms with van der Waals surface area (Å²) < 4.78 is 0. The van der Waals surface area contributed by atoms with Crippen molar-refractivity contribution in [3.05, 3.63) is 35.9 Å². The average molecular weight is 274 g/mol. The van der Waals surface area contributed by atoms with Gasteiger partial charge in [-0.15, -0.1) is 0 Å². The summed E-state index contributed by atoms with van der Waals surface area (Å²) in [6.07, 6.45) is 2.45. The van der Waals surface area contributed by atoms with Crippen LogP contribution in [0.1, 0.15) is 39.7 Å². The number of benzene rings is 1. The Morgan fingerprint density at radius 2 is 1.95 bits per heavy atom. The second-order valence-corrected chi connectivity index (χ2v) is 7.25. The summed E-state index contributed by atoms with van der Waals surface area (Å²) in [6, 6.07) is 11.5. The van der Waals surface area contributed by atoms with Crippen LogP contribution in [-0.4, -0.2) is 36.1 Å². The molecule has 1 saturated heterocycles. The van der Waals surface area contributed by atoms with Crippen LogP contribution in [-0.2, 0) is 6.42 Å². The summed E-state index contributed by atoms with van der Waals surface area (Å²) in [4.78, 5) is 2.70. The lowest BCUT2D eigenvalue weighted by Gasteiger charge is -2.45. The molecule has 2 rings (SSSR count). The van der Waals surface area contributed by atoms with Crippen LogP contribution in [0.4, 0.5) is 0 Å². The van der Waals surface area contributed by atoms with Gasteiger partial charge in [-0.25, -0.2) is 0 Å². The van der Waals surface area contributed by atoms with E-state index in [0.717, 1.165) is 25.4 Å². The van der Waals surface area contributed by atoms with Gasteiger partial charge in [-0.05, 0) is 38.2 Å².